The number of hydrogen-bond acceptors (Lipinski definition) is 5. The van der Waals surface area contributed by atoms with Crippen molar-refractivity contribution >= 4 is 9.84 Å². The van der Waals surface area contributed by atoms with Crippen LogP contribution in [0.1, 0.15) is 20.3 Å². The van der Waals surface area contributed by atoms with E-state index in [1.165, 1.54) is 6.26 Å². The van der Waals surface area contributed by atoms with Crippen molar-refractivity contribution in [3.63, 3.8) is 0 Å². The first-order valence-corrected chi connectivity index (χ1v) is 8.42. The van der Waals surface area contributed by atoms with E-state index in [0.29, 0.717) is 6.54 Å². The molecule has 6 heteroatoms. The molecule has 1 fully saturated rings. The monoisotopic (exact) mass is 278 g/mol. The molecule has 0 aromatic rings. The lowest BCUT2D eigenvalue weighted by molar-refractivity contribution is 0.0374. The van der Waals surface area contributed by atoms with Crippen LogP contribution >= 0.6 is 0 Å². The van der Waals surface area contributed by atoms with E-state index in [9.17, 15) is 8.42 Å². The fraction of sp³-hybridized carbons (Fsp3) is 1.00. The van der Waals surface area contributed by atoms with Crippen molar-refractivity contribution in [2.75, 3.05) is 52.2 Å². The molecule has 0 unspecified atom stereocenters. The van der Waals surface area contributed by atoms with Gasteiger partial charge in [-0.25, -0.2) is 8.42 Å². The third kappa shape index (κ3) is 5.22. The summed E-state index contributed by atoms with van der Waals surface area (Å²) in [6.45, 7) is 9.61. The average molecular weight is 278 g/mol. The Bertz CT molecular complexity index is 335. The van der Waals surface area contributed by atoms with Crippen LogP contribution in [-0.2, 0) is 14.6 Å². The summed E-state index contributed by atoms with van der Waals surface area (Å²) in [5.41, 5.74) is 0. The van der Waals surface area contributed by atoms with Crippen molar-refractivity contribution in [2.45, 2.75) is 25.0 Å². The maximum atomic E-state index is 11.5. The zero-order valence-electron chi connectivity index (χ0n) is 11.7. The predicted molar refractivity (Wildman–Crippen MR) is 73.7 cm³/mol. The molecule has 18 heavy (non-hydrogen) atoms. The van der Waals surface area contributed by atoms with Crippen molar-refractivity contribution in [2.24, 2.45) is 0 Å². The van der Waals surface area contributed by atoms with Crippen LogP contribution in [0.5, 0.6) is 0 Å². The number of nitrogens with one attached hydrogen (secondary N) is 1. The highest BCUT2D eigenvalue weighted by molar-refractivity contribution is 7.92. The molecule has 1 saturated heterocycles. The summed E-state index contributed by atoms with van der Waals surface area (Å²) in [6, 6.07) is 0. The van der Waals surface area contributed by atoms with Gasteiger partial charge in [0, 0.05) is 25.9 Å². The summed E-state index contributed by atoms with van der Waals surface area (Å²) >= 11 is 0. The Kier molecular flexibility index (Phi) is 6.04. The van der Waals surface area contributed by atoms with Crippen LogP contribution in [0.4, 0.5) is 0 Å². The highest BCUT2D eigenvalue weighted by Crippen LogP contribution is 2.13. The number of rotatable bonds is 7. The van der Waals surface area contributed by atoms with Gasteiger partial charge >= 0.3 is 0 Å². The molecule has 0 atom stereocenters. The topological polar surface area (TPSA) is 58.6 Å². The van der Waals surface area contributed by atoms with Gasteiger partial charge in [-0.15, -0.1) is 0 Å². The zero-order valence-corrected chi connectivity index (χ0v) is 12.6. The van der Waals surface area contributed by atoms with Crippen LogP contribution in [0.15, 0.2) is 0 Å². The van der Waals surface area contributed by atoms with Crippen LogP contribution in [0.3, 0.4) is 0 Å². The number of ether oxygens (including phenoxy) is 1. The Morgan fingerprint density at radius 1 is 1.28 bits per heavy atom. The van der Waals surface area contributed by atoms with Gasteiger partial charge in [-0.05, 0) is 33.4 Å². The van der Waals surface area contributed by atoms with Gasteiger partial charge in [-0.2, -0.15) is 0 Å². The second kappa shape index (κ2) is 6.84. The summed E-state index contributed by atoms with van der Waals surface area (Å²) in [5, 5.41) is 3.23. The molecule has 0 radical (unpaired) electrons. The van der Waals surface area contributed by atoms with Crippen molar-refractivity contribution in [3.05, 3.63) is 0 Å². The van der Waals surface area contributed by atoms with Gasteiger partial charge in [-0.1, -0.05) is 0 Å². The number of morpholine rings is 1. The molecule has 0 amide bonds. The van der Waals surface area contributed by atoms with E-state index >= 15 is 0 Å². The largest absolute Gasteiger partial charge is 0.379 e. The van der Waals surface area contributed by atoms with E-state index in [4.69, 9.17) is 4.74 Å². The number of nitrogens with zero attached hydrogens (tertiary/aromatic N) is 1. The highest BCUT2D eigenvalue weighted by atomic mass is 32.2. The normalized spacial score (nSPS) is 19.1. The van der Waals surface area contributed by atoms with E-state index in [1.54, 1.807) is 13.8 Å². The van der Waals surface area contributed by atoms with Gasteiger partial charge in [0.15, 0.2) is 9.84 Å². The Hall–Kier alpha value is -0.170. The first kappa shape index (κ1) is 15.9. The molecular formula is C12H26N2O3S. The van der Waals surface area contributed by atoms with Gasteiger partial charge in [-0.3, -0.25) is 4.90 Å². The summed E-state index contributed by atoms with van der Waals surface area (Å²) in [6.07, 6.45) is 2.34. The first-order chi connectivity index (χ1) is 8.33. The minimum absolute atomic E-state index is 0.509. The standard InChI is InChI=1S/C12H26N2O3S/c1-12(2,18(3,15)16)11-13-5-4-6-14-7-9-17-10-8-14/h13H,4-11H2,1-3H3. The van der Waals surface area contributed by atoms with Crippen molar-refractivity contribution < 1.29 is 13.2 Å². The fourth-order valence-electron chi connectivity index (χ4n) is 1.77. The van der Waals surface area contributed by atoms with E-state index in [0.717, 1.165) is 45.8 Å². The molecule has 0 spiro atoms. The molecule has 0 bridgehead atoms. The van der Waals surface area contributed by atoms with Crippen molar-refractivity contribution in [3.8, 4) is 0 Å². The van der Waals surface area contributed by atoms with E-state index in [1.807, 2.05) is 0 Å². The first-order valence-electron chi connectivity index (χ1n) is 6.53. The maximum Gasteiger partial charge on any atom is 0.153 e. The van der Waals surface area contributed by atoms with Crippen LogP contribution in [0, 0.1) is 0 Å². The van der Waals surface area contributed by atoms with E-state index < -0.39 is 14.6 Å². The Morgan fingerprint density at radius 2 is 1.89 bits per heavy atom. The molecule has 1 heterocycles. The van der Waals surface area contributed by atoms with Crippen molar-refractivity contribution in [1.82, 2.24) is 10.2 Å². The van der Waals surface area contributed by atoms with E-state index in [-0.39, 0.29) is 0 Å². The predicted octanol–water partition coefficient (Wildman–Crippen LogP) is 0.122. The summed E-state index contributed by atoms with van der Waals surface area (Å²) in [4.78, 5) is 2.38. The minimum atomic E-state index is -3.00. The Morgan fingerprint density at radius 3 is 2.44 bits per heavy atom. The van der Waals surface area contributed by atoms with Crippen molar-refractivity contribution in [1.29, 1.82) is 0 Å². The van der Waals surface area contributed by atoms with Gasteiger partial charge in [0.25, 0.3) is 0 Å². The molecular weight excluding hydrogens is 252 g/mol. The molecule has 0 saturated carbocycles. The minimum Gasteiger partial charge on any atom is -0.379 e. The Labute approximate surface area is 111 Å². The number of sulfone groups is 1. The van der Waals surface area contributed by atoms with Crippen LogP contribution < -0.4 is 5.32 Å². The molecule has 1 aliphatic rings. The quantitative estimate of drug-likeness (QED) is 0.671. The SMILES string of the molecule is CC(C)(CNCCCN1CCOCC1)S(C)(=O)=O. The molecule has 108 valence electrons. The smallest absolute Gasteiger partial charge is 0.153 e. The molecule has 0 aromatic carbocycles. The molecule has 0 aromatic heterocycles. The van der Waals surface area contributed by atoms with Gasteiger partial charge in [0.2, 0.25) is 0 Å². The molecule has 0 aliphatic carbocycles. The zero-order chi connectivity index (χ0) is 13.6. The second-order valence-corrected chi connectivity index (χ2v) is 8.17. The second-order valence-electron chi connectivity index (χ2n) is 5.52. The lowest BCUT2D eigenvalue weighted by Crippen LogP contribution is -2.43. The third-order valence-electron chi connectivity index (χ3n) is 3.49. The third-order valence-corrected chi connectivity index (χ3v) is 5.64. The molecule has 1 aliphatic heterocycles. The molecule has 1 N–H and O–H groups in total. The summed E-state index contributed by atoms with van der Waals surface area (Å²) < 4.78 is 27.6. The average Bonchev–Trinajstić information content (AvgIpc) is 2.28. The number of hydrogen-bond donors (Lipinski definition) is 1. The summed E-state index contributed by atoms with van der Waals surface area (Å²) in [7, 11) is -3.00. The Balaban J connectivity index is 2.11. The lowest BCUT2D eigenvalue weighted by atomic mass is 10.2. The molecule has 1 rings (SSSR count). The lowest BCUT2D eigenvalue weighted by Gasteiger charge is -2.27. The van der Waals surface area contributed by atoms with Crippen LogP contribution in [0.25, 0.3) is 0 Å². The highest BCUT2D eigenvalue weighted by Gasteiger charge is 2.29. The van der Waals surface area contributed by atoms with Crippen LogP contribution in [0.2, 0.25) is 0 Å². The summed E-state index contributed by atoms with van der Waals surface area (Å²) in [5.74, 6) is 0. The van der Waals surface area contributed by atoms with E-state index in [2.05, 4.69) is 10.2 Å². The van der Waals surface area contributed by atoms with Gasteiger partial charge in [0.05, 0.1) is 18.0 Å². The molecule has 5 nitrogen and oxygen atoms in total. The maximum absolute atomic E-state index is 11.5. The van der Waals surface area contributed by atoms with Crippen LogP contribution in [-0.4, -0.2) is 70.3 Å². The van der Waals surface area contributed by atoms with Gasteiger partial charge in [0.1, 0.15) is 0 Å². The fourth-order valence-corrected chi connectivity index (χ4v) is 2.14. The van der Waals surface area contributed by atoms with Gasteiger partial charge < -0.3 is 10.1 Å².